The summed E-state index contributed by atoms with van der Waals surface area (Å²) in [6.07, 6.45) is 4.09. The minimum atomic E-state index is -0.346. The molecule has 0 saturated carbocycles. The van der Waals surface area contributed by atoms with Crippen molar-refractivity contribution in [1.82, 2.24) is 10.3 Å². The summed E-state index contributed by atoms with van der Waals surface area (Å²) in [6, 6.07) is 1.81. The highest BCUT2D eigenvalue weighted by atomic mass is 16.1. The average Bonchev–Trinajstić information content (AvgIpc) is 2.29. The zero-order chi connectivity index (χ0) is 12.2. The van der Waals surface area contributed by atoms with Crippen molar-refractivity contribution in [2.24, 2.45) is 5.73 Å². The fourth-order valence-electron chi connectivity index (χ4n) is 1.31. The Morgan fingerprint density at radius 2 is 2.25 bits per heavy atom. The fourth-order valence-corrected chi connectivity index (χ4v) is 1.31. The Morgan fingerprint density at radius 3 is 2.75 bits per heavy atom. The molecule has 1 amide bonds. The van der Waals surface area contributed by atoms with Gasteiger partial charge in [0, 0.05) is 24.5 Å². The van der Waals surface area contributed by atoms with Crippen LogP contribution >= 0.6 is 0 Å². The highest BCUT2D eigenvalue weighted by molar-refractivity contribution is 5.94. The molecule has 1 aromatic heterocycles. The van der Waals surface area contributed by atoms with Crippen LogP contribution in [0.2, 0.25) is 0 Å². The van der Waals surface area contributed by atoms with Crippen LogP contribution in [0.3, 0.4) is 0 Å². The van der Waals surface area contributed by atoms with E-state index in [1.54, 1.807) is 12.4 Å². The monoisotopic (exact) mass is 221 g/mol. The maximum atomic E-state index is 11.9. The van der Waals surface area contributed by atoms with Crippen LogP contribution in [0.4, 0.5) is 0 Å². The zero-order valence-corrected chi connectivity index (χ0v) is 10.1. The Balaban J connectivity index is 2.80. The summed E-state index contributed by atoms with van der Waals surface area (Å²) in [6.45, 7) is 6.27. The number of nitrogens with one attached hydrogen (secondary N) is 1. The number of aryl methyl sites for hydroxylation is 1. The molecule has 0 spiro atoms. The molecule has 1 unspecified atom stereocenters. The lowest BCUT2D eigenvalue weighted by atomic mass is 9.98. The van der Waals surface area contributed by atoms with Gasteiger partial charge >= 0.3 is 0 Å². The summed E-state index contributed by atoms with van der Waals surface area (Å²) in [4.78, 5) is 15.9. The average molecular weight is 221 g/mol. The molecule has 1 heterocycles. The van der Waals surface area contributed by atoms with Crippen molar-refractivity contribution in [1.29, 1.82) is 0 Å². The SMILES string of the molecule is CCC(C)(CN)NC(=O)c1cncc(C)c1. The molecule has 0 saturated heterocycles. The first-order chi connectivity index (χ1) is 7.50. The van der Waals surface area contributed by atoms with Crippen molar-refractivity contribution >= 4 is 5.91 Å². The standard InChI is InChI=1S/C12H19N3O/c1-4-12(3,8-13)15-11(16)10-5-9(2)6-14-7-10/h5-7H,4,8,13H2,1-3H3,(H,15,16). The van der Waals surface area contributed by atoms with E-state index in [0.29, 0.717) is 12.1 Å². The molecule has 1 aromatic rings. The van der Waals surface area contributed by atoms with Gasteiger partial charge in [-0.25, -0.2) is 0 Å². The quantitative estimate of drug-likeness (QED) is 0.804. The van der Waals surface area contributed by atoms with Crippen LogP contribution < -0.4 is 11.1 Å². The largest absolute Gasteiger partial charge is 0.346 e. The van der Waals surface area contributed by atoms with Crippen molar-refractivity contribution in [2.75, 3.05) is 6.54 Å². The van der Waals surface area contributed by atoms with Crippen LogP contribution in [-0.4, -0.2) is 23.0 Å². The van der Waals surface area contributed by atoms with Gasteiger partial charge in [-0.2, -0.15) is 0 Å². The predicted molar refractivity (Wildman–Crippen MR) is 64.2 cm³/mol. The van der Waals surface area contributed by atoms with E-state index in [1.165, 1.54) is 0 Å². The number of carbonyl (C=O) groups excluding carboxylic acids is 1. The molecule has 16 heavy (non-hydrogen) atoms. The molecule has 0 aliphatic carbocycles. The summed E-state index contributed by atoms with van der Waals surface area (Å²) in [5.41, 5.74) is 6.84. The number of aromatic nitrogens is 1. The number of rotatable bonds is 4. The molecular formula is C12H19N3O. The van der Waals surface area contributed by atoms with Gasteiger partial charge in [-0.1, -0.05) is 6.92 Å². The lowest BCUT2D eigenvalue weighted by Gasteiger charge is -2.27. The molecule has 0 radical (unpaired) electrons. The van der Waals surface area contributed by atoms with Crippen molar-refractivity contribution in [3.8, 4) is 0 Å². The second kappa shape index (κ2) is 5.07. The molecule has 0 bridgehead atoms. The Kier molecular flexibility index (Phi) is 4.01. The van der Waals surface area contributed by atoms with E-state index < -0.39 is 0 Å². The summed E-state index contributed by atoms with van der Waals surface area (Å²) in [5, 5.41) is 2.93. The number of hydrogen-bond donors (Lipinski definition) is 2. The van der Waals surface area contributed by atoms with Gasteiger partial charge in [0.1, 0.15) is 0 Å². The maximum Gasteiger partial charge on any atom is 0.253 e. The number of carbonyl (C=O) groups is 1. The molecule has 0 fully saturated rings. The van der Waals surface area contributed by atoms with Crippen LogP contribution in [0.5, 0.6) is 0 Å². The van der Waals surface area contributed by atoms with Crippen LogP contribution in [0, 0.1) is 6.92 Å². The van der Waals surface area contributed by atoms with Crippen LogP contribution in [0.25, 0.3) is 0 Å². The Bertz CT molecular complexity index is 372. The van der Waals surface area contributed by atoms with Crippen molar-refractivity contribution in [3.63, 3.8) is 0 Å². The summed E-state index contributed by atoms with van der Waals surface area (Å²) in [7, 11) is 0. The molecule has 88 valence electrons. The molecule has 4 nitrogen and oxygen atoms in total. The van der Waals surface area contributed by atoms with Gasteiger partial charge in [-0.15, -0.1) is 0 Å². The van der Waals surface area contributed by atoms with Crippen molar-refractivity contribution in [2.45, 2.75) is 32.7 Å². The Hall–Kier alpha value is -1.42. The van der Waals surface area contributed by atoms with Crippen LogP contribution in [0.1, 0.15) is 36.2 Å². The topological polar surface area (TPSA) is 68.0 Å². The first-order valence-corrected chi connectivity index (χ1v) is 5.45. The predicted octanol–water partition coefficient (Wildman–Crippen LogP) is 1.25. The second-order valence-corrected chi connectivity index (χ2v) is 4.32. The molecule has 1 atom stereocenters. The van der Waals surface area contributed by atoms with Gasteiger partial charge in [0.15, 0.2) is 0 Å². The molecule has 3 N–H and O–H groups in total. The Morgan fingerprint density at radius 1 is 1.56 bits per heavy atom. The fraction of sp³-hybridized carbons (Fsp3) is 0.500. The molecule has 0 aliphatic heterocycles. The Labute approximate surface area is 96.3 Å². The van der Waals surface area contributed by atoms with Gasteiger partial charge in [-0.3, -0.25) is 9.78 Å². The van der Waals surface area contributed by atoms with Gasteiger partial charge in [0.25, 0.3) is 5.91 Å². The van der Waals surface area contributed by atoms with Gasteiger partial charge in [0.2, 0.25) is 0 Å². The molecule has 4 heteroatoms. The van der Waals surface area contributed by atoms with Crippen molar-refractivity contribution < 1.29 is 4.79 Å². The third-order valence-corrected chi connectivity index (χ3v) is 2.78. The normalized spacial score (nSPS) is 14.2. The van der Waals surface area contributed by atoms with E-state index in [-0.39, 0.29) is 11.4 Å². The first kappa shape index (κ1) is 12.6. The van der Waals surface area contributed by atoms with Gasteiger partial charge in [0.05, 0.1) is 5.56 Å². The number of nitrogens with zero attached hydrogens (tertiary/aromatic N) is 1. The van der Waals surface area contributed by atoms with Crippen LogP contribution in [-0.2, 0) is 0 Å². The number of nitrogens with two attached hydrogens (primary N) is 1. The van der Waals surface area contributed by atoms with E-state index in [9.17, 15) is 4.79 Å². The summed E-state index contributed by atoms with van der Waals surface area (Å²) >= 11 is 0. The minimum absolute atomic E-state index is 0.119. The number of pyridine rings is 1. The highest BCUT2D eigenvalue weighted by Gasteiger charge is 2.22. The van der Waals surface area contributed by atoms with E-state index in [2.05, 4.69) is 10.3 Å². The smallest absolute Gasteiger partial charge is 0.253 e. The van der Waals surface area contributed by atoms with E-state index in [1.807, 2.05) is 26.8 Å². The number of hydrogen-bond acceptors (Lipinski definition) is 3. The first-order valence-electron chi connectivity index (χ1n) is 5.45. The number of amides is 1. The highest BCUT2D eigenvalue weighted by Crippen LogP contribution is 2.09. The molecule has 1 rings (SSSR count). The van der Waals surface area contributed by atoms with E-state index >= 15 is 0 Å². The summed E-state index contributed by atoms with van der Waals surface area (Å²) in [5.74, 6) is -0.119. The minimum Gasteiger partial charge on any atom is -0.346 e. The lowest BCUT2D eigenvalue weighted by Crippen LogP contribution is -2.50. The maximum absolute atomic E-state index is 11.9. The van der Waals surface area contributed by atoms with Crippen LogP contribution in [0.15, 0.2) is 18.5 Å². The van der Waals surface area contributed by atoms with Gasteiger partial charge in [-0.05, 0) is 31.9 Å². The van der Waals surface area contributed by atoms with Gasteiger partial charge < -0.3 is 11.1 Å². The molecule has 0 aromatic carbocycles. The third kappa shape index (κ3) is 3.03. The molecular weight excluding hydrogens is 202 g/mol. The zero-order valence-electron chi connectivity index (χ0n) is 10.1. The van der Waals surface area contributed by atoms with Crippen molar-refractivity contribution in [3.05, 3.63) is 29.6 Å². The lowest BCUT2D eigenvalue weighted by molar-refractivity contribution is 0.0906. The second-order valence-electron chi connectivity index (χ2n) is 4.32. The third-order valence-electron chi connectivity index (χ3n) is 2.78. The molecule has 0 aliphatic rings. The van der Waals surface area contributed by atoms with E-state index in [0.717, 1.165) is 12.0 Å². The van der Waals surface area contributed by atoms with E-state index in [4.69, 9.17) is 5.73 Å². The summed E-state index contributed by atoms with van der Waals surface area (Å²) < 4.78 is 0.